The number of hydrogen-bond donors (Lipinski definition) is 5. The van der Waals surface area contributed by atoms with Crippen LogP contribution < -0.4 is 30.7 Å². The van der Waals surface area contributed by atoms with E-state index in [1.54, 1.807) is 32.2 Å². The molecule has 0 saturated heterocycles. The normalized spacial score (nSPS) is 14.6. The molecule has 1 aliphatic heterocycles. The molecule has 38 heavy (non-hydrogen) atoms. The van der Waals surface area contributed by atoms with Crippen molar-refractivity contribution in [2.24, 2.45) is 10.7 Å². The number of ether oxygens (including phenoxy) is 2. The van der Waals surface area contributed by atoms with Gasteiger partial charge in [0.05, 0.1) is 38.6 Å². The number of rotatable bonds is 12. The number of nitrogens with zero attached hydrogens (tertiary/aromatic N) is 3. The molecule has 0 bridgehead atoms. The summed E-state index contributed by atoms with van der Waals surface area (Å²) in [6.45, 7) is 3.72. The summed E-state index contributed by atoms with van der Waals surface area (Å²) in [6, 6.07) is 11.5. The molecule has 0 unspecified atom stereocenters. The van der Waals surface area contributed by atoms with Crippen molar-refractivity contribution in [2.45, 2.75) is 25.9 Å². The molecule has 1 atom stereocenters. The molecule has 202 valence electrons. The SMILES string of the molecule is COc1cc2c(cc1OCCCNC[C@@H](C)O)NCN(c1cccc(F)c1)C2=Nc1cc(CC(N)=O)[nH]n1. The van der Waals surface area contributed by atoms with E-state index in [9.17, 15) is 14.3 Å². The van der Waals surface area contributed by atoms with E-state index in [1.165, 1.54) is 12.1 Å². The Balaban J connectivity index is 1.64. The smallest absolute Gasteiger partial charge is 0.223 e. The lowest BCUT2D eigenvalue weighted by molar-refractivity contribution is -0.117. The number of amides is 1. The van der Waals surface area contributed by atoms with E-state index in [4.69, 9.17) is 20.2 Å². The number of aromatic amines is 1. The van der Waals surface area contributed by atoms with Crippen LogP contribution in [0.2, 0.25) is 0 Å². The predicted octanol–water partition coefficient (Wildman–Crippen LogP) is 2.29. The molecule has 1 aromatic heterocycles. The second-order valence-electron chi connectivity index (χ2n) is 8.88. The Labute approximate surface area is 219 Å². The van der Waals surface area contributed by atoms with Crippen LogP contribution in [0.5, 0.6) is 11.5 Å². The average molecular weight is 526 g/mol. The molecular weight excluding hydrogens is 493 g/mol. The van der Waals surface area contributed by atoms with Crippen molar-refractivity contribution in [2.75, 3.05) is 43.7 Å². The fraction of sp³-hybridized carbons (Fsp3) is 0.346. The number of carbonyl (C=O) groups excluding carboxylic acids is 1. The Morgan fingerprint density at radius 2 is 2.16 bits per heavy atom. The van der Waals surface area contributed by atoms with Gasteiger partial charge in [-0.1, -0.05) is 6.07 Å². The van der Waals surface area contributed by atoms with Crippen molar-refractivity contribution in [3.8, 4) is 11.5 Å². The molecule has 3 aromatic rings. The molecule has 6 N–H and O–H groups in total. The first-order valence-electron chi connectivity index (χ1n) is 12.3. The minimum Gasteiger partial charge on any atom is -0.493 e. The standard InChI is InChI=1S/C26H32FN7O4/c1-16(35)14-29-7-4-8-38-23-13-21-20(12-22(23)37-2)26(31-25-11-18(32-33-25)10-24(28)36)34(15-30-21)19-6-3-5-17(27)9-19/h3,5-6,9,11-13,16,29-30,35H,4,7-8,10,14-15H2,1-2H3,(H2,28,36)(H,32,33)/t16-/m1/s1. The zero-order valence-electron chi connectivity index (χ0n) is 21.3. The van der Waals surface area contributed by atoms with Gasteiger partial charge in [-0.05, 0) is 44.2 Å². The van der Waals surface area contributed by atoms with E-state index in [0.717, 1.165) is 12.1 Å². The number of anilines is 2. The zero-order valence-corrected chi connectivity index (χ0v) is 21.3. The number of aliphatic imine (C=N–C) groups is 1. The highest BCUT2D eigenvalue weighted by Gasteiger charge is 2.27. The average Bonchev–Trinajstić information content (AvgIpc) is 3.31. The number of primary amides is 1. The summed E-state index contributed by atoms with van der Waals surface area (Å²) in [4.78, 5) is 17.9. The van der Waals surface area contributed by atoms with E-state index in [0.29, 0.717) is 66.5 Å². The van der Waals surface area contributed by atoms with Gasteiger partial charge in [0.25, 0.3) is 0 Å². The molecular formula is C26H32FN7O4. The number of halogens is 1. The Morgan fingerprint density at radius 3 is 2.89 bits per heavy atom. The number of methoxy groups -OCH3 is 1. The Hall–Kier alpha value is -4.16. The molecule has 11 nitrogen and oxygen atoms in total. The van der Waals surface area contributed by atoms with Crippen LogP contribution in [0.15, 0.2) is 47.5 Å². The van der Waals surface area contributed by atoms with Crippen molar-refractivity contribution in [1.82, 2.24) is 15.5 Å². The van der Waals surface area contributed by atoms with Gasteiger partial charge in [-0.3, -0.25) is 9.89 Å². The number of benzene rings is 2. The van der Waals surface area contributed by atoms with Gasteiger partial charge in [-0.15, -0.1) is 0 Å². The van der Waals surface area contributed by atoms with Crippen LogP contribution in [-0.4, -0.2) is 66.6 Å². The summed E-state index contributed by atoms with van der Waals surface area (Å²) in [6.07, 6.45) is 0.349. The van der Waals surface area contributed by atoms with Gasteiger partial charge in [0.1, 0.15) is 11.7 Å². The van der Waals surface area contributed by atoms with Gasteiger partial charge in [-0.2, -0.15) is 5.10 Å². The monoisotopic (exact) mass is 525 g/mol. The minimum atomic E-state index is -0.488. The Morgan fingerprint density at radius 1 is 1.32 bits per heavy atom. The molecule has 2 aromatic carbocycles. The predicted molar refractivity (Wildman–Crippen MR) is 143 cm³/mol. The first-order chi connectivity index (χ1) is 18.3. The molecule has 0 fully saturated rings. The first kappa shape index (κ1) is 26.9. The Kier molecular flexibility index (Phi) is 8.77. The lowest BCUT2D eigenvalue weighted by Gasteiger charge is -2.33. The molecule has 0 saturated carbocycles. The number of carbonyl (C=O) groups is 1. The van der Waals surface area contributed by atoms with Crippen LogP contribution in [0, 0.1) is 5.82 Å². The molecule has 4 rings (SSSR count). The van der Waals surface area contributed by atoms with Gasteiger partial charge in [0, 0.05) is 35.6 Å². The molecule has 0 radical (unpaired) electrons. The Bertz CT molecular complexity index is 1290. The van der Waals surface area contributed by atoms with Crippen LogP contribution in [0.3, 0.4) is 0 Å². The highest BCUT2D eigenvalue weighted by Crippen LogP contribution is 2.38. The lowest BCUT2D eigenvalue weighted by atomic mass is 10.1. The van der Waals surface area contributed by atoms with Gasteiger partial charge in [0.2, 0.25) is 5.91 Å². The molecule has 0 spiro atoms. The maximum Gasteiger partial charge on any atom is 0.223 e. The number of nitrogens with two attached hydrogens (primary N) is 1. The van der Waals surface area contributed by atoms with E-state index < -0.39 is 12.0 Å². The highest BCUT2D eigenvalue weighted by molar-refractivity contribution is 6.16. The molecule has 0 aliphatic carbocycles. The van der Waals surface area contributed by atoms with Crippen LogP contribution >= 0.6 is 0 Å². The number of fused-ring (bicyclic) bond motifs is 1. The van der Waals surface area contributed by atoms with Crippen LogP contribution in [0.1, 0.15) is 24.6 Å². The molecule has 2 heterocycles. The summed E-state index contributed by atoms with van der Waals surface area (Å²) < 4.78 is 25.7. The van der Waals surface area contributed by atoms with Crippen molar-refractivity contribution >= 4 is 28.9 Å². The van der Waals surface area contributed by atoms with Crippen molar-refractivity contribution in [3.05, 3.63) is 59.5 Å². The summed E-state index contributed by atoms with van der Waals surface area (Å²) in [5, 5.41) is 22.8. The van der Waals surface area contributed by atoms with Crippen LogP contribution in [0.4, 0.5) is 21.6 Å². The number of nitrogens with one attached hydrogen (secondary N) is 3. The van der Waals surface area contributed by atoms with Crippen LogP contribution in [0.25, 0.3) is 0 Å². The number of aliphatic hydroxyl groups is 1. The van der Waals surface area contributed by atoms with Gasteiger partial charge in [0.15, 0.2) is 17.3 Å². The van der Waals surface area contributed by atoms with Gasteiger partial charge >= 0.3 is 0 Å². The summed E-state index contributed by atoms with van der Waals surface area (Å²) in [5.74, 6) is 1.06. The fourth-order valence-electron chi connectivity index (χ4n) is 4.01. The summed E-state index contributed by atoms with van der Waals surface area (Å²) in [7, 11) is 1.56. The first-order valence-corrected chi connectivity index (χ1v) is 12.3. The maximum absolute atomic E-state index is 14.1. The summed E-state index contributed by atoms with van der Waals surface area (Å²) in [5.41, 5.74) is 7.88. The molecule has 1 amide bonds. The third-order valence-electron chi connectivity index (χ3n) is 5.75. The van der Waals surface area contributed by atoms with Crippen molar-refractivity contribution in [3.63, 3.8) is 0 Å². The number of H-pyrrole nitrogens is 1. The molecule has 12 heteroatoms. The van der Waals surface area contributed by atoms with Crippen LogP contribution in [-0.2, 0) is 11.2 Å². The summed E-state index contributed by atoms with van der Waals surface area (Å²) >= 11 is 0. The number of aromatic nitrogens is 2. The van der Waals surface area contributed by atoms with Crippen molar-refractivity contribution in [1.29, 1.82) is 0 Å². The van der Waals surface area contributed by atoms with E-state index in [1.807, 2.05) is 17.0 Å². The quantitative estimate of drug-likeness (QED) is 0.226. The minimum absolute atomic E-state index is 0.00662. The second kappa shape index (κ2) is 12.4. The van der Waals surface area contributed by atoms with E-state index >= 15 is 0 Å². The molecule has 1 aliphatic rings. The van der Waals surface area contributed by atoms with Gasteiger partial charge in [-0.25, -0.2) is 9.38 Å². The topological polar surface area (TPSA) is 150 Å². The second-order valence-corrected chi connectivity index (χ2v) is 8.88. The van der Waals surface area contributed by atoms with Gasteiger partial charge < -0.3 is 35.8 Å². The largest absolute Gasteiger partial charge is 0.493 e. The van der Waals surface area contributed by atoms with Crippen molar-refractivity contribution < 1.29 is 23.8 Å². The third-order valence-corrected chi connectivity index (χ3v) is 5.75. The number of amidine groups is 1. The third kappa shape index (κ3) is 6.78. The maximum atomic E-state index is 14.1. The van der Waals surface area contributed by atoms with E-state index in [-0.39, 0.29) is 12.2 Å². The number of aliphatic hydroxyl groups excluding tert-OH is 1. The lowest BCUT2D eigenvalue weighted by Crippen LogP contribution is -2.40. The number of hydrogen-bond acceptors (Lipinski definition) is 8. The highest BCUT2D eigenvalue weighted by atomic mass is 19.1. The zero-order chi connectivity index (χ0) is 27.1. The van der Waals surface area contributed by atoms with E-state index in [2.05, 4.69) is 20.8 Å². The fourth-order valence-corrected chi connectivity index (χ4v) is 4.01.